The maximum atomic E-state index is 11.9. The molecule has 0 atom stereocenters. The highest BCUT2D eigenvalue weighted by Crippen LogP contribution is 2.29. The van der Waals surface area contributed by atoms with Crippen molar-refractivity contribution in [2.24, 2.45) is 0 Å². The average Bonchev–Trinajstić information content (AvgIpc) is 2.60. The third kappa shape index (κ3) is 6.35. The summed E-state index contributed by atoms with van der Waals surface area (Å²) in [5, 5.41) is 0. The number of rotatable bonds is 2. The van der Waals surface area contributed by atoms with Crippen LogP contribution in [0.1, 0.15) is 17.3 Å². The number of carbonyl (C=O) groups excluding carboxylic acids is 1. The largest absolute Gasteiger partial charge is 0.487 e. The highest BCUT2D eigenvalue weighted by Gasteiger charge is 2.13. The van der Waals surface area contributed by atoms with Gasteiger partial charge in [-0.05, 0) is 25.1 Å². The molecule has 0 spiro atoms. The van der Waals surface area contributed by atoms with E-state index in [1.807, 2.05) is 0 Å². The maximum Gasteiger partial charge on any atom is 0.338 e. The Bertz CT molecular complexity index is 504. The first kappa shape index (κ1) is 18.5. The van der Waals surface area contributed by atoms with Crippen LogP contribution in [0.15, 0.2) is 18.2 Å². The Morgan fingerprint density at radius 1 is 0.875 bits per heavy atom. The highest BCUT2D eigenvalue weighted by atomic mass is 16.6. The molecule has 134 valence electrons. The number of hydrogen-bond donors (Lipinski definition) is 0. The Hall–Kier alpha value is -1.83. The van der Waals surface area contributed by atoms with Crippen molar-refractivity contribution in [1.29, 1.82) is 0 Å². The summed E-state index contributed by atoms with van der Waals surface area (Å²) in [5.41, 5.74) is 0.419. The third-order valence-electron chi connectivity index (χ3n) is 3.17. The SMILES string of the molecule is CCOC(=O)c1ccc2c(c1)OCCOCCOCCOCCO2. The van der Waals surface area contributed by atoms with E-state index in [2.05, 4.69) is 0 Å². The minimum atomic E-state index is -0.392. The Kier molecular flexibility index (Phi) is 8.37. The van der Waals surface area contributed by atoms with Gasteiger partial charge in [0.2, 0.25) is 0 Å². The number of esters is 1. The normalized spacial score (nSPS) is 17.4. The van der Waals surface area contributed by atoms with Gasteiger partial charge in [0.25, 0.3) is 0 Å². The molecule has 0 saturated heterocycles. The van der Waals surface area contributed by atoms with E-state index in [0.717, 1.165) is 0 Å². The van der Waals surface area contributed by atoms with Crippen LogP contribution in [0.4, 0.5) is 0 Å². The van der Waals surface area contributed by atoms with Crippen LogP contribution >= 0.6 is 0 Å². The van der Waals surface area contributed by atoms with Crippen molar-refractivity contribution < 1.29 is 33.2 Å². The molecule has 0 unspecified atom stereocenters. The van der Waals surface area contributed by atoms with Gasteiger partial charge in [0, 0.05) is 0 Å². The van der Waals surface area contributed by atoms with Gasteiger partial charge in [-0.1, -0.05) is 0 Å². The van der Waals surface area contributed by atoms with Gasteiger partial charge in [0.15, 0.2) is 11.5 Å². The Labute approximate surface area is 141 Å². The molecule has 0 saturated carbocycles. The van der Waals surface area contributed by atoms with Crippen molar-refractivity contribution in [2.45, 2.75) is 6.92 Å². The molecule has 0 N–H and O–H groups in total. The van der Waals surface area contributed by atoms with Crippen LogP contribution in [-0.2, 0) is 18.9 Å². The Balaban J connectivity index is 2.04. The molecule has 1 aliphatic heterocycles. The number of fused-ring (bicyclic) bond motifs is 1. The minimum Gasteiger partial charge on any atom is -0.487 e. The second kappa shape index (κ2) is 10.9. The maximum absolute atomic E-state index is 11.9. The van der Waals surface area contributed by atoms with Gasteiger partial charge in [0.1, 0.15) is 13.2 Å². The molecule has 1 heterocycles. The van der Waals surface area contributed by atoms with Crippen LogP contribution in [0.5, 0.6) is 11.5 Å². The van der Waals surface area contributed by atoms with Crippen LogP contribution in [-0.4, -0.2) is 65.4 Å². The summed E-state index contributed by atoms with van der Waals surface area (Å²) >= 11 is 0. The zero-order valence-electron chi connectivity index (χ0n) is 14.0. The summed E-state index contributed by atoms with van der Waals surface area (Å²) in [7, 11) is 0. The Morgan fingerprint density at radius 2 is 1.42 bits per heavy atom. The van der Waals surface area contributed by atoms with E-state index in [9.17, 15) is 4.79 Å². The summed E-state index contributed by atoms with van der Waals surface area (Å²) in [5.74, 6) is 0.643. The predicted molar refractivity (Wildman–Crippen MR) is 85.8 cm³/mol. The standard InChI is InChI=1S/C17H24O7/c1-2-22-17(18)14-3-4-15-16(13-14)24-12-10-21-8-6-19-5-7-20-9-11-23-15/h3-4,13H,2,5-12H2,1H3. The predicted octanol–water partition coefficient (Wildman–Crippen LogP) is 1.68. The van der Waals surface area contributed by atoms with Crippen molar-refractivity contribution in [3.63, 3.8) is 0 Å². The van der Waals surface area contributed by atoms with Gasteiger partial charge in [-0.2, -0.15) is 0 Å². The zero-order valence-corrected chi connectivity index (χ0v) is 14.0. The van der Waals surface area contributed by atoms with E-state index in [0.29, 0.717) is 76.5 Å². The smallest absolute Gasteiger partial charge is 0.338 e. The summed E-state index contributed by atoms with van der Waals surface area (Å²) in [6.07, 6.45) is 0. The van der Waals surface area contributed by atoms with Crippen LogP contribution in [0.25, 0.3) is 0 Å². The molecule has 0 bridgehead atoms. The lowest BCUT2D eigenvalue weighted by atomic mass is 10.2. The van der Waals surface area contributed by atoms with Crippen LogP contribution < -0.4 is 9.47 Å². The first-order valence-electron chi connectivity index (χ1n) is 8.11. The Morgan fingerprint density at radius 3 is 2.00 bits per heavy atom. The summed E-state index contributed by atoms with van der Waals surface area (Å²) in [4.78, 5) is 11.9. The number of carbonyl (C=O) groups is 1. The van der Waals surface area contributed by atoms with Gasteiger partial charge in [0.05, 0.1) is 51.8 Å². The number of benzene rings is 1. The molecule has 0 amide bonds. The number of ether oxygens (including phenoxy) is 6. The van der Waals surface area contributed by atoms with Gasteiger partial charge in [-0.15, -0.1) is 0 Å². The van der Waals surface area contributed by atoms with Crippen LogP contribution in [0, 0.1) is 0 Å². The third-order valence-corrected chi connectivity index (χ3v) is 3.17. The van der Waals surface area contributed by atoms with E-state index >= 15 is 0 Å². The van der Waals surface area contributed by atoms with E-state index in [4.69, 9.17) is 28.4 Å². The van der Waals surface area contributed by atoms with Gasteiger partial charge >= 0.3 is 5.97 Å². The lowest BCUT2D eigenvalue weighted by Crippen LogP contribution is -2.13. The van der Waals surface area contributed by atoms with Crippen molar-refractivity contribution in [3.05, 3.63) is 23.8 Å². The molecule has 24 heavy (non-hydrogen) atoms. The fraction of sp³-hybridized carbons (Fsp3) is 0.588. The van der Waals surface area contributed by atoms with E-state index in [-0.39, 0.29) is 0 Å². The first-order chi connectivity index (χ1) is 11.8. The first-order valence-corrected chi connectivity index (χ1v) is 8.11. The molecular formula is C17H24O7. The molecule has 0 aromatic heterocycles. The van der Waals surface area contributed by atoms with Gasteiger partial charge in [-0.25, -0.2) is 4.79 Å². The minimum absolute atomic E-state index is 0.320. The van der Waals surface area contributed by atoms with Crippen molar-refractivity contribution in [1.82, 2.24) is 0 Å². The van der Waals surface area contributed by atoms with E-state index < -0.39 is 5.97 Å². The molecule has 1 aliphatic rings. The fourth-order valence-corrected chi connectivity index (χ4v) is 2.04. The second-order valence-electron chi connectivity index (χ2n) is 4.92. The van der Waals surface area contributed by atoms with Crippen molar-refractivity contribution >= 4 is 5.97 Å². The van der Waals surface area contributed by atoms with E-state index in [1.165, 1.54) is 0 Å². The molecule has 7 heteroatoms. The van der Waals surface area contributed by atoms with Gasteiger partial charge in [-0.3, -0.25) is 0 Å². The highest BCUT2D eigenvalue weighted by molar-refractivity contribution is 5.90. The molecule has 0 radical (unpaired) electrons. The lowest BCUT2D eigenvalue weighted by Gasteiger charge is -2.14. The quantitative estimate of drug-likeness (QED) is 0.759. The van der Waals surface area contributed by atoms with Crippen LogP contribution in [0.2, 0.25) is 0 Å². The molecule has 1 aromatic rings. The molecular weight excluding hydrogens is 316 g/mol. The van der Waals surface area contributed by atoms with Crippen molar-refractivity contribution in [2.75, 3.05) is 59.5 Å². The summed E-state index contributed by atoms with van der Waals surface area (Å²) < 4.78 is 32.6. The molecule has 0 aliphatic carbocycles. The molecule has 0 fully saturated rings. The molecule has 1 aromatic carbocycles. The lowest BCUT2D eigenvalue weighted by molar-refractivity contribution is 0.00708. The molecule has 2 rings (SSSR count). The van der Waals surface area contributed by atoms with E-state index in [1.54, 1.807) is 25.1 Å². The average molecular weight is 340 g/mol. The molecule has 7 nitrogen and oxygen atoms in total. The fourth-order valence-electron chi connectivity index (χ4n) is 2.04. The topological polar surface area (TPSA) is 72.5 Å². The number of hydrogen-bond acceptors (Lipinski definition) is 7. The summed E-state index contributed by atoms with van der Waals surface area (Å²) in [6, 6.07) is 4.97. The summed E-state index contributed by atoms with van der Waals surface area (Å²) in [6.45, 7) is 5.72. The monoisotopic (exact) mass is 340 g/mol. The second-order valence-corrected chi connectivity index (χ2v) is 4.92. The zero-order chi connectivity index (χ0) is 17.0. The van der Waals surface area contributed by atoms with Gasteiger partial charge < -0.3 is 28.4 Å². The van der Waals surface area contributed by atoms with Crippen molar-refractivity contribution in [3.8, 4) is 11.5 Å². The van der Waals surface area contributed by atoms with Crippen LogP contribution in [0.3, 0.4) is 0 Å².